The Balaban J connectivity index is 1.77. The van der Waals surface area contributed by atoms with E-state index in [4.69, 9.17) is 4.74 Å². The summed E-state index contributed by atoms with van der Waals surface area (Å²) in [7, 11) is -1.32. The smallest absolute Gasteiger partial charge is 0.169 e. The van der Waals surface area contributed by atoms with Crippen LogP contribution in [0.5, 0.6) is 0 Å². The third kappa shape index (κ3) is 2.33. The average Bonchev–Trinajstić information content (AvgIpc) is 2.77. The lowest BCUT2D eigenvalue weighted by molar-refractivity contribution is 0.275. The van der Waals surface area contributed by atoms with Crippen LogP contribution in [0.1, 0.15) is 26.2 Å². The second-order valence-electron chi connectivity index (χ2n) is 4.85. The second-order valence-corrected chi connectivity index (χ2v) is 7.12. The molecule has 1 aliphatic carbocycles. The van der Waals surface area contributed by atoms with Crippen molar-refractivity contribution < 1.29 is 9.53 Å². The van der Waals surface area contributed by atoms with Crippen LogP contribution in [-0.4, -0.2) is 26.0 Å². The second kappa shape index (κ2) is 3.71. The third-order valence-corrected chi connectivity index (χ3v) is 4.76. The van der Waals surface area contributed by atoms with Crippen molar-refractivity contribution in [3.63, 3.8) is 0 Å². The van der Waals surface area contributed by atoms with Gasteiger partial charge in [0.25, 0.3) is 0 Å². The Morgan fingerprint density at radius 1 is 1.38 bits per heavy atom. The fraction of sp³-hybridized carbons (Fsp3) is 1.00. The molecule has 2 aliphatic rings. The normalized spacial score (nSPS) is 45.5. The van der Waals surface area contributed by atoms with E-state index in [1.807, 2.05) is 6.55 Å². The molecule has 1 saturated heterocycles. The molecule has 1 N–H and O–H groups in total. The van der Waals surface area contributed by atoms with Gasteiger partial charge in [0.05, 0.1) is 12.2 Å². The van der Waals surface area contributed by atoms with E-state index in [0.29, 0.717) is 12.2 Å². The van der Waals surface area contributed by atoms with E-state index in [1.54, 1.807) is 0 Å². The van der Waals surface area contributed by atoms with Crippen molar-refractivity contribution in [1.82, 2.24) is 0 Å². The molecule has 0 aromatic rings. The Kier molecular flexibility index (Phi) is 2.77. The first-order chi connectivity index (χ1) is 6.16. The molecule has 0 amide bonds. The lowest BCUT2D eigenvalue weighted by Crippen LogP contribution is -2.23. The van der Waals surface area contributed by atoms with Gasteiger partial charge in [-0.15, -0.1) is 0 Å². The fourth-order valence-corrected chi connectivity index (χ4v) is 3.45. The maximum Gasteiger partial charge on any atom is 0.169 e. The van der Waals surface area contributed by atoms with Crippen LogP contribution in [0, 0.1) is 11.8 Å². The molecule has 0 bridgehead atoms. The highest BCUT2D eigenvalue weighted by Crippen LogP contribution is 2.44. The molecular formula is C10H20O2Si. The zero-order chi connectivity index (χ0) is 9.42. The zero-order valence-corrected chi connectivity index (χ0v) is 9.73. The summed E-state index contributed by atoms with van der Waals surface area (Å²) in [5.74, 6) is 1.64. The summed E-state index contributed by atoms with van der Waals surface area (Å²) >= 11 is 0. The van der Waals surface area contributed by atoms with Gasteiger partial charge in [-0.05, 0) is 37.3 Å². The SMILES string of the molecule is CC1CC2OC2CC1CC[SiH](C)O. The van der Waals surface area contributed by atoms with Crippen molar-refractivity contribution in [2.24, 2.45) is 11.8 Å². The summed E-state index contributed by atoms with van der Waals surface area (Å²) in [5.41, 5.74) is 0. The van der Waals surface area contributed by atoms with E-state index in [9.17, 15) is 4.80 Å². The summed E-state index contributed by atoms with van der Waals surface area (Å²) < 4.78 is 5.53. The predicted molar refractivity (Wildman–Crippen MR) is 55.2 cm³/mol. The molecule has 1 saturated carbocycles. The highest BCUT2D eigenvalue weighted by atomic mass is 28.3. The van der Waals surface area contributed by atoms with Crippen LogP contribution in [0.2, 0.25) is 12.6 Å². The minimum absolute atomic E-state index is 0.594. The highest BCUT2D eigenvalue weighted by Gasteiger charge is 2.46. The molecule has 2 rings (SSSR count). The van der Waals surface area contributed by atoms with Crippen molar-refractivity contribution in [2.45, 2.75) is 51.0 Å². The van der Waals surface area contributed by atoms with Gasteiger partial charge in [-0.1, -0.05) is 13.3 Å². The van der Waals surface area contributed by atoms with Gasteiger partial charge in [0.15, 0.2) is 9.04 Å². The van der Waals surface area contributed by atoms with Crippen LogP contribution in [-0.2, 0) is 4.74 Å². The Hall–Kier alpha value is 0.137. The van der Waals surface area contributed by atoms with Gasteiger partial charge in [0, 0.05) is 0 Å². The Bertz CT molecular complexity index is 184. The number of epoxide rings is 1. The van der Waals surface area contributed by atoms with Crippen molar-refractivity contribution in [3.8, 4) is 0 Å². The lowest BCUT2D eigenvalue weighted by Gasteiger charge is -2.26. The molecule has 13 heavy (non-hydrogen) atoms. The first kappa shape index (κ1) is 9.68. The Labute approximate surface area is 82.0 Å². The van der Waals surface area contributed by atoms with E-state index in [-0.39, 0.29) is 0 Å². The molecule has 1 heterocycles. The van der Waals surface area contributed by atoms with Crippen LogP contribution in [0.3, 0.4) is 0 Å². The molecule has 2 nitrogen and oxygen atoms in total. The number of hydrogen-bond acceptors (Lipinski definition) is 2. The largest absolute Gasteiger partial charge is 0.435 e. The number of hydrogen-bond donors (Lipinski definition) is 1. The molecule has 5 atom stereocenters. The molecule has 0 radical (unpaired) electrons. The topological polar surface area (TPSA) is 32.8 Å². The van der Waals surface area contributed by atoms with Crippen LogP contribution in [0.25, 0.3) is 0 Å². The van der Waals surface area contributed by atoms with E-state index < -0.39 is 9.04 Å². The quantitative estimate of drug-likeness (QED) is 0.553. The number of fused-ring (bicyclic) bond motifs is 1. The first-order valence-electron chi connectivity index (χ1n) is 5.50. The lowest BCUT2D eigenvalue weighted by atomic mass is 9.79. The van der Waals surface area contributed by atoms with Gasteiger partial charge in [0.1, 0.15) is 0 Å². The van der Waals surface area contributed by atoms with E-state index in [2.05, 4.69) is 6.92 Å². The third-order valence-electron chi connectivity index (χ3n) is 3.59. The molecule has 76 valence electrons. The van der Waals surface area contributed by atoms with Crippen molar-refractivity contribution in [2.75, 3.05) is 0 Å². The first-order valence-corrected chi connectivity index (χ1v) is 7.99. The molecule has 5 unspecified atom stereocenters. The summed E-state index contributed by atoms with van der Waals surface area (Å²) in [6.07, 6.45) is 4.95. The molecule has 0 aromatic carbocycles. The highest BCUT2D eigenvalue weighted by molar-refractivity contribution is 6.48. The summed E-state index contributed by atoms with van der Waals surface area (Å²) in [4.78, 5) is 9.35. The maximum absolute atomic E-state index is 9.35. The van der Waals surface area contributed by atoms with E-state index in [1.165, 1.54) is 19.3 Å². The predicted octanol–water partition coefficient (Wildman–Crippen LogP) is 1.54. The minimum atomic E-state index is -1.32. The molecule has 2 fully saturated rings. The minimum Gasteiger partial charge on any atom is -0.435 e. The molecule has 0 aromatic heterocycles. The van der Waals surface area contributed by atoms with Crippen LogP contribution in [0.15, 0.2) is 0 Å². The summed E-state index contributed by atoms with van der Waals surface area (Å²) in [6.45, 7) is 4.36. The van der Waals surface area contributed by atoms with Crippen molar-refractivity contribution in [3.05, 3.63) is 0 Å². The van der Waals surface area contributed by atoms with Crippen molar-refractivity contribution >= 4 is 9.04 Å². The molecular weight excluding hydrogens is 180 g/mol. The van der Waals surface area contributed by atoms with Crippen LogP contribution < -0.4 is 0 Å². The van der Waals surface area contributed by atoms with Gasteiger partial charge < -0.3 is 9.53 Å². The van der Waals surface area contributed by atoms with Crippen molar-refractivity contribution in [1.29, 1.82) is 0 Å². The monoisotopic (exact) mass is 200 g/mol. The zero-order valence-electron chi connectivity index (χ0n) is 8.57. The van der Waals surface area contributed by atoms with Gasteiger partial charge in [0.2, 0.25) is 0 Å². The molecule has 1 aliphatic heterocycles. The fourth-order valence-electron chi connectivity index (χ4n) is 2.54. The Morgan fingerprint density at radius 2 is 2.08 bits per heavy atom. The van der Waals surface area contributed by atoms with Gasteiger partial charge in [-0.2, -0.15) is 0 Å². The van der Waals surface area contributed by atoms with Gasteiger partial charge in [-0.25, -0.2) is 0 Å². The molecule has 0 spiro atoms. The average molecular weight is 200 g/mol. The standard InChI is InChI=1S/C10H20O2Si/c1-7-5-9-10(12-9)6-8(7)3-4-13(2)11/h7-11,13H,3-6H2,1-2H3. The Morgan fingerprint density at radius 3 is 2.77 bits per heavy atom. The summed E-state index contributed by atoms with van der Waals surface area (Å²) in [5, 5.41) is 0. The van der Waals surface area contributed by atoms with Gasteiger partial charge >= 0.3 is 0 Å². The summed E-state index contributed by atoms with van der Waals surface area (Å²) in [6, 6.07) is 1.09. The van der Waals surface area contributed by atoms with Gasteiger partial charge in [-0.3, -0.25) is 0 Å². The maximum atomic E-state index is 9.35. The van der Waals surface area contributed by atoms with E-state index >= 15 is 0 Å². The van der Waals surface area contributed by atoms with Crippen LogP contribution in [0.4, 0.5) is 0 Å². The van der Waals surface area contributed by atoms with E-state index in [0.717, 1.165) is 17.9 Å². The number of ether oxygens (including phenoxy) is 1. The van der Waals surface area contributed by atoms with Crippen LogP contribution >= 0.6 is 0 Å². The molecule has 3 heteroatoms. The number of rotatable bonds is 3.